The maximum absolute atomic E-state index is 13.2. The van der Waals surface area contributed by atoms with E-state index < -0.39 is 0 Å². The van der Waals surface area contributed by atoms with Gasteiger partial charge in [-0.1, -0.05) is 18.2 Å². The van der Waals surface area contributed by atoms with Gasteiger partial charge in [-0.25, -0.2) is 0 Å². The Labute approximate surface area is 163 Å². The van der Waals surface area contributed by atoms with Crippen LogP contribution in [0.4, 0.5) is 0 Å². The maximum atomic E-state index is 13.2. The fourth-order valence-corrected chi connectivity index (χ4v) is 4.58. The number of morpholine rings is 1. The Bertz CT molecular complexity index is 1010. The van der Waals surface area contributed by atoms with Crippen LogP contribution in [0.2, 0.25) is 0 Å². The van der Waals surface area contributed by atoms with Gasteiger partial charge in [-0.15, -0.1) is 0 Å². The first-order valence-electron chi connectivity index (χ1n) is 9.80. The Morgan fingerprint density at radius 3 is 2.61 bits per heavy atom. The number of nitrogens with zero attached hydrogens (tertiary/aromatic N) is 4. The molecule has 0 saturated carbocycles. The van der Waals surface area contributed by atoms with Gasteiger partial charge in [0.15, 0.2) is 0 Å². The van der Waals surface area contributed by atoms with E-state index in [1.807, 2.05) is 54.5 Å². The van der Waals surface area contributed by atoms with E-state index >= 15 is 0 Å². The van der Waals surface area contributed by atoms with Gasteiger partial charge in [-0.2, -0.15) is 5.10 Å². The molecule has 2 fully saturated rings. The smallest absolute Gasteiger partial charge is 0.253 e. The van der Waals surface area contributed by atoms with Crippen molar-refractivity contribution < 1.29 is 9.53 Å². The predicted molar refractivity (Wildman–Crippen MR) is 107 cm³/mol. The molecule has 1 aromatic carbocycles. The molecule has 7 heteroatoms. The first-order chi connectivity index (χ1) is 13.6. The van der Waals surface area contributed by atoms with E-state index in [9.17, 15) is 4.79 Å². The zero-order valence-electron chi connectivity index (χ0n) is 16.2. The third kappa shape index (κ3) is 2.91. The lowest BCUT2D eigenvalue weighted by atomic mass is 9.90. The number of para-hydroxylation sites is 1. The SMILES string of the molecule is CN1[C@@H]2COC[C@H]1CC(NC(=O)c1cn(-c3cnn(C)c3)c3ccccc13)C2. The number of carbonyl (C=O) groups excluding carboxylic acids is 1. The summed E-state index contributed by atoms with van der Waals surface area (Å²) in [5.74, 6) is -0.00705. The summed E-state index contributed by atoms with van der Waals surface area (Å²) >= 11 is 0. The molecule has 2 aliphatic rings. The van der Waals surface area contributed by atoms with Crippen LogP contribution < -0.4 is 5.32 Å². The highest BCUT2D eigenvalue weighted by atomic mass is 16.5. The Balaban J connectivity index is 1.44. The molecular weight excluding hydrogens is 354 g/mol. The summed E-state index contributed by atoms with van der Waals surface area (Å²) in [7, 11) is 4.06. The lowest BCUT2D eigenvalue weighted by Gasteiger charge is -2.46. The van der Waals surface area contributed by atoms with Crippen LogP contribution in [0.1, 0.15) is 23.2 Å². The first-order valence-corrected chi connectivity index (χ1v) is 9.80. The number of carbonyl (C=O) groups is 1. The van der Waals surface area contributed by atoms with Crippen LogP contribution in [0.15, 0.2) is 42.9 Å². The fourth-order valence-electron chi connectivity index (χ4n) is 4.58. The van der Waals surface area contributed by atoms with E-state index in [0.29, 0.717) is 17.6 Å². The second-order valence-corrected chi connectivity index (χ2v) is 7.95. The molecule has 5 rings (SSSR count). The number of ether oxygens (including phenoxy) is 1. The molecule has 0 spiro atoms. The number of likely N-dealkylation sites (N-methyl/N-ethyl adjacent to an activating group) is 1. The zero-order chi connectivity index (χ0) is 19.3. The maximum Gasteiger partial charge on any atom is 0.253 e. The lowest BCUT2D eigenvalue weighted by Crippen LogP contribution is -2.59. The number of hydrogen-bond acceptors (Lipinski definition) is 4. The molecule has 0 aliphatic carbocycles. The van der Waals surface area contributed by atoms with Crippen molar-refractivity contribution in [1.29, 1.82) is 0 Å². The summed E-state index contributed by atoms with van der Waals surface area (Å²) < 4.78 is 9.49. The molecule has 3 atom stereocenters. The average Bonchev–Trinajstić information content (AvgIpc) is 3.26. The molecule has 2 saturated heterocycles. The number of benzene rings is 1. The van der Waals surface area contributed by atoms with Gasteiger partial charge in [0, 0.05) is 43.0 Å². The van der Waals surface area contributed by atoms with Gasteiger partial charge >= 0.3 is 0 Å². The minimum atomic E-state index is -0.00705. The summed E-state index contributed by atoms with van der Waals surface area (Å²) in [6.07, 6.45) is 7.55. The number of aryl methyl sites for hydroxylation is 1. The summed E-state index contributed by atoms with van der Waals surface area (Å²) in [4.78, 5) is 15.6. The normalized spacial score (nSPS) is 25.1. The summed E-state index contributed by atoms with van der Waals surface area (Å²) in [5.41, 5.74) is 2.66. The highest BCUT2D eigenvalue weighted by molar-refractivity contribution is 6.07. The number of piperidine rings is 1. The van der Waals surface area contributed by atoms with Crippen molar-refractivity contribution in [2.45, 2.75) is 31.0 Å². The summed E-state index contributed by atoms with van der Waals surface area (Å²) in [6, 6.07) is 8.97. The molecule has 0 radical (unpaired) electrons. The van der Waals surface area contributed by atoms with Crippen LogP contribution in [0, 0.1) is 0 Å². The Hall–Kier alpha value is -2.64. The average molecular weight is 379 g/mol. The molecule has 2 bridgehead atoms. The van der Waals surface area contributed by atoms with E-state index in [0.717, 1.165) is 42.6 Å². The van der Waals surface area contributed by atoms with Crippen LogP contribution in [0.5, 0.6) is 0 Å². The van der Waals surface area contributed by atoms with E-state index in [-0.39, 0.29) is 11.9 Å². The second-order valence-electron chi connectivity index (χ2n) is 7.95. The lowest BCUT2D eigenvalue weighted by molar-refractivity contribution is -0.0670. The third-order valence-corrected chi connectivity index (χ3v) is 6.15. The Kier molecular flexibility index (Phi) is 4.21. The topological polar surface area (TPSA) is 64.3 Å². The number of rotatable bonds is 3. The predicted octanol–water partition coefficient (Wildman–Crippen LogP) is 1.96. The van der Waals surface area contributed by atoms with Crippen molar-refractivity contribution in [3.8, 4) is 5.69 Å². The number of nitrogens with one attached hydrogen (secondary N) is 1. The van der Waals surface area contributed by atoms with Crippen molar-refractivity contribution >= 4 is 16.8 Å². The van der Waals surface area contributed by atoms with E-state index in [2.05, 4.69) is 22.4 Å². The molecule has 146 valence electrons. The first kappa shape index (κ1) is 17.5. The van der Waals surface area contributed by atoms with Gasteiger partial charge in [0.25, 0.3) is 5.91 Å². The minimum absolute atomic E-state index is 0.00705. The third-order valence-electron chi connectivity index (χ3n) is 6.15. The Morgan fingerprint density at radius 1 is 1.14 bits per heavy atom. The number of hydrogen-bond donors (Lipinski definition) is 1. The van der Waals surface area contributed by atoms with Gasteiger partial charge in [0.05, 0.1) is 36.2 Å². The molecule has 3 aromatic rings. The molecule has 1 unspecified atom stereocenters. The molecule has 1 N–H and O–H groups in total. The molecule has 2 aromatic heterocycles. The number of amides is 1. The molecule has 1 amide bonds. The molecule has 4 heterocycles. The van der Waals surface area contributed by atoms with Gasteiger partial charge < -0.3 is 14.6 Å². The van der Waals surface area contributed by atoms with Crippen LogP contribution in [0.3, 0.4) is 0 Å². The second kappa shape index (κ2) is 6.76. The summed E-state index contributed by atoms with van der Waals surface area (Å²) in [5, 5.41) is 8.52. The Morgan fingerprint density at radius 2 is 1.89 bits per heavy atom. The highest BCUT2D eigenvalue weighted by Crippen LogP contribution is 2.28. The highest BCUT2D eigenvalue weighted by Gasteiger charge is 2.37. The zero-order valence-corrected chi connectivity index (χ0v) is 16.2. The van der Waals surface area contributed by atoms with Crippen LogP contribution in [-0.2, 0) is 11.8 Å². The van der Waals surface area contributed by atoms with Gasteiger partial charge in [0.2, 0.25) is 0 Å². The molecule has 2 aliphatic heterocycles. The van der Waals surface area contributed by atoms with Crippen LogP contribution in [-0.4, -0.2) is 63.5 Å². The van der Waals surface area contributed by atoms with Crippen molar-refractivity contribution in [3.05, 3.63) is 48.4 Å². The fraction of sp³-hybridized carbons (Fsp3) is 0.429. The largest absolute Gasteiger partial charge is 0.378 e. The van der Waals surface area contributed by atoms with Crippen LogP contribution in [0.25, 0.3) is 16.6 Å². The van der Waals surface area contributed by atoms with Crippen molar-refractivity contribution in [3.63, 3.8) is 0 Å². The van der Waals surface area contributed by atoms with E-state index in [1.54, 1.807) is 4.68 Å². The van der Waals surface area contributed by atoms with E-state index in [4.69, 9.17) is 4.74 Å². The molecular formula is C21H25N5O2. The van der Waals surface area contributed by atoms with Crippen molar-refractivity contribution in [1.82, 2.24) is 24.6 Å². The van der Waals surface area contributed by atoms with Crippen molar-refractivity contribution in [2.24, 2.45) is 7.05 Å². The van der Waals surface area contributed by atoms with Crippen LogP contribution >= 0.6 is 0 Å². The molecule has 28 heavy (non-hydrogen) atoms. The summed E-state index contributed by atoms with van der Waals surface area (Å²) in [6.45, 7) is 1.50. The number of fused-ring (bicyclic) bond motifs is 3. The minimum Gasteiger partial charge on any atom is -0.378 e. The van der Waals surface area contributed by atoms with Crippen molar-refractivity contribution in [2.75, 3.05) is 20.3 Å². The monoisotopic (exact) mass is 379 g/mol. The van der Waals surface area contributed by atoms with Gasteiger partial charge in [-0.3, -0.25) is 14.4 Å². The number of aromatic nitrogens is 3. The van der Waals surface area contributed by atoms with E-state index in [1.165, 1.54) is 0 Å². The standard InChI is InChI=1S/C21H25N5O2/c1-24-10-17(9-22-24)26-11-19(18-5-3-4-6-20(18)26)21(27)23-14-7-15-12-28-13-16(8-14)25(15)2/h3-6,9-11,14-16H,7-8,12-13H2,1-2H3,(H,23,27)/t14?,15-,16+. The van der Waals surface area contributed by atoms with Gasteiger partial charge in [0.1, 0.15) is 0 Å². The quantitative estimate of drug-likeness (QED) is 0.756. The van der Waals surface area contributed by atoms with Gasteiger partial charge in [-0.05, 0) is 26.0 Å². The molecule has 7 nitrogen and oxygen atoms in total.